The van der Waals surface area contributed by atoms with Crippen molar-refractivity contribution >= 4 is 19.2 Å². The van der Waals surface area contributed by atoms with Crippen LogP contribution in [0.15, 0.2) is 36.7 Å². The van der Waals surface area contributed by atoms with Crippen molar-refractivity contribution in [3.63, 3.8) is 0 Å². The number of phosphoric acid groups is 1. The summed E-state index contributed by atoms with van der Waals surface area (Å²) in [5, 5.41) is 35.6. The van der Waals surface area contributed by atoms with E-state index in [4.69, 9.17) is 29.0 Å². The minimum Gasteiger partial charge on any atom is -0.387 e. The summed E-state index contributed by atoms with van der Waals surface area (Å²) in [7, 11) is -4.84. The molecule has 324 valence electrons. The number of rotatable bonds is 28. The number of aliphatic hydroxyl groups is 2. The predicted octanol–water partition coefficient (Wildman–Crippen LogP) is 8.26. The van der Waals surface area contributed by atoms with E-state index in [-0.39, 0.29) is 18.0 Å². The lowest BCUT2D eigenvalue weighted by Gasteiger charge is -2.34. The zero-order valence-corrected chi connectivity index (χ0v) is 35.5. The van der Waals surface area contributed by atoms with Crippen LogP contribution in [-0.4, -0.2) is 79.0 Å². The van der Waals surface area contributed by atoms with Gasteiger partial charge in [0.05, 0.1) is 42.7 Å². The topological polar surface area (TPSA) is 204 Å². The summed E-state index contributed by atoms with van der Waals surface area (Å²) in [5.74, 6) is -0.383. The van der Waals surface area contributed by atoms with Crippen molar-refractivity contribution in [2.45, 2.75) is 173 Å². The molecule has 5 N–H and O–H groups in total. The fraction of sp³-hybridized carbons (Fsp3) is 0.690. The average Bonchev–Trinajstić information content (AvgIpc) is 3.73. The third-order valence-corrected chi connectivity index (χ3v) is 12.2. The highest BCUT2D eigenvalue weighted by Gasteiger charge is 2.57. The highest BCUT2D eigenvalue weighted by Crippen LogP contribution is 2.50. The number of unbranched alkanes of at least 4 members (excludes halogenated alkanes) is 14. The van der Waals surface area contributed by atoms with Crippen molar-refractivity contribution in [2.24, 2.45) is 0 Å². The number of aliphatic hydroxyl groups excluding tert-OH is 2. The summed E-state index contributed by atoms with van der Waals surface area (Å²) in [6, 6.07) is 9.06. The largest absolute Gasteiger partial charge is 0.472 e. The van der Waals surface area contributed by atoms with Gasteiger partial charge in [0.25, 0.3) is 0 Å². The quantitative estimate of drug-likeness (QED) is 0.0402. The first-order valence-corrected chi connectivity index (χ1v) is 22.5. The van der Waals surface area contributed by atoms with E-state index in [1.807, 2.05) is 6.07 Å². The van der Waals surface area contributed by atoms with Gasteiger partial charge in [0, 0.05) is 6.61 Å². The van der Waals surface area contributed by atoms with Gasteiger partial charge in [-0.1, -0.05) is 96.8 Å². The molecule has 1 aliphatic heterocycles. The Labute approximate surface area is 342 Å². The summed E-state index contributed by atoms with van der Waals surface area (Å²) in [5.41, 5.74) is 5.67. The normalized spacial score (nSPS) is 22.2. The molecule has 1 saturated heterocycles. The van der Waals surface area contributed by atoms with Gasteiger partial charge in [0.2, 0.25) is 0 Å². The van der Waals surface area contributed by atoms with Crippen LogP contribution in [0.2, 0.25) is 0 Å². The molecule has 1 unspecified atom stereocenters. The second-order valence-electron chi connectivity index (χ2n) is 15.7. The van der Waals surface area contributed by atoms with E-state index in [1.165, 1.54) is 114 Å². The first-order valence-electron chi connectivity index (χ1n) is 21.0. The Balaban J connectivity index is 1.26. The molecule has 3 aromatic rings. The van der Waals surface area contributed by atoms with E-state index in [2.05, 4.69) is 17.0 Å². The lowest BCUT2D eigenvalue weighted by Crippen LogP contribution is -2.49. The molecule has 58 heavy (non-hydrogen) atoms. The first-order chi connectivity index (χ1) is 27.8. The molecule has 16 heteroatoms. The summed E-state index contributed by atoms with van der Waals surface area (Å²) < 4.78 is 58.2. The number of benzene rings is 1. The van der Waals surface area contributed by atoms with Gasteiger partial charge < -0.3 is 35.1 Å². The minimum absolute atomic E-state index is 0.123. The highest BCUT2D eigenvalue weighted by atomic mass is 31.2. The molecule has 0 aliphatic carbocycles. The van der Waals surface area contributed by atoms with Crippen molar-refractivity contribution in [2.75, 3.05) is 18.9 Å². The molecule has 1 aliphatic rings. The smallest absolute Gasteiger partial charge is 0.387 e. The fourth-order valence-corrected chi connectivity index (χ4v) is 8.36. The molecular formula is C42H65FN5O9P. The molecule has 14 nitrogen and oxygen atoms in total. The van der Waals surface area contributed by atoms with Crippen LogP contribution in [-0.2, 0) is 34.4 Å². The minimum atomic E-state index is -4.84. The molecule has 0 saturated carbocycles. The van der Waals surface area contributed by atoms with E-state index >= 15 is 0 Å². The van der Waals surface area contributed by atoms with Crippen LogP contribution in [0.25, 0.3) is 5.52 Å². The van der Waals surface area contributed by atoms with Crippen LogP contribution in [0.4, 0.5) is 10.2 Å². The summed E-state index contributed by atoms with van der Waals surface area (Å²) in [6.07, 6.45) is 13.1. The van der Waals surface area contributed by atoms with Crippen LogP contribution in [0.5, 0.6) is 0 Å². The molecule has 0 spiro atoms. The molecule has 1 aromatic carbocycles. The Kier molecular flexibility index (Phi) is 19.5. The lowest BCUT2D eigenvalue weighted by molar-refractivity contribution is -0.135. The van der Waals surface area contributed by atoms with Gasteiger partial charge in [0.1, 0.15) is 47.7 Å². The fourth-order valence-electron chi connectivity index (χ4n) is 7.35. The van der Waals surface area contributed by atoms with Gasteiger partial charge in [-0.2, -0.15) is 10.4 Å². The maximum atomic E-state index is 14.2. The highest BCUT2D eigenvalue weighted by molar-refractivity contribution is 7.47. The molecule has 2 aromatic heterocycles. The number of hydrogen-bond acceptors (Lipinski definition) is 12. The number of aromatic nitrogens is 3. The zero-order chi connectivity index (χ0) is 42.1. The molecular weight excluding hydrogens is 768 g/mol. The number of ether oxygens (including phenoxy) is 3. The third-order valence-electron chi connectivity index (χ3n) is 11.1. The number of nitriles is 1. The summed E-state index contributed by atoms with van der Waals surface area (Å²) >= 11 is 0. The lowest BCUT2D eigenvalue weighted by atomic mass is 9.91. The van der Waals surface area contributed by atoms with Crippen molar-refractivity contribution in [3.8, 4) is 6.07 Å². The maximum Gasteiger partial charge on any atom is 0.472 e. The van der Waals surface area contributed by atoms with Gasteiger partial charge in [-0.15, -0.1) is 0 Å². The van der Waals surface area contributed by atoms with Gasteiger partial charge in [-0.3, -0.25) is 9.05 Å². The maximum absolute atomic E-state index is 14.2. The molecule has 8 atom stereocenters. The number of phosphoric ester groups is 1. The van der Waals surface area contributed by atoms with Crippen LogP contribution in [0.1, 0.15) is 147 Å². The van der Waals surface area contributed by atoms with Crippen LogP contribution in [0.3, 0.4) is 0 Å². The summed E-state index contributed by atoms with van der Waals surface area (Å²) in [4.78, 5) is 14.8. The van der Waals surface area contributed by atoms with Gasteiger partial charge in [-0.05, 0) is 63.1 Å². The Bertz CT molecular complexity index is 1780. The van der Waals surface area contributed by atoms with Gasteiger partial charge in [0.15, 0.2) is 5.82 Å². The van der Waals surface area contributed by atoms with Crippen LogP contribution >= 0.6 is 7.82 Å². The van der Waals surface area contributed by atoms with E-state index in [1.54, 1.807) is 19.1 Å². The number of halogens is 1. The molecule has 3 heterocycles. The number of nitrogen functional groups attached to an aromatic ring is 1. The zero-order valence-electron chi connectivity index (χ0n) is 34.6. The number of fused-ring (bicyclic) bond motifs is 1. The number of nitrogens with zero attached hydrogens (tertiary/aromatic N) is 4. The Hall–Kier alpha value is -3.03. The second-order valence-corrected chi connectivity index (χ2v) is 17.1. The predicted molar refractivity (Wildman–Crippen MR) is 218 cm³/mol. The third kappa shape index (κ3) is 14.0. The number of nitrogens with two attached hydrogens (primary N) is 1. The SMILES string of the molecule is CCCCCCCCCCCCCCCCCO[C@@H](C)[C@H](COP(=O)(O)O[C@@H](C)[C@@]1(C)O[C@@H](c2ccc3c(N)ncnn23)[C@H](O)[C@@H]1O)OCc1cc(F)cc(C#N)c1. The van der Waals surface area contributed by atoms with Crippen molar-refractivity contribution in [1.29, 1.82) is 5.26 Å². The van der Waals surface area contributed by atoms with Crippen molar-refractivity contribution < 1.29 is 47.3 Å². The van der Waals surface area contributed by atoms with E-state index in [9.17, 15) is 29.3 Å². The molecule has 4 rings (SSSR count). The monoisotopic (exact) mass is 833 g/mol. The van der Waals surface area contributed by atoms with E-state index < -0.39 is 62.5 Å². The van der Waals surface area contributed by atoms with E-state index in [0.29, 0.717) is 23.4 Å². The average molecular weight is 834 g/mol. The van der Waals surface area contributed by atoms with Crippen molar-refractivity contribution in [3.05, 3.63) is 59.3 Å². The van der Waals surface area contributed by atoms with Gasteiger partial charge in [-0.25, -0.2) is 18.5 Å². The Morgan fingerprint density at radius 1 is 0.983 bits per heavy atom. The molecule has 0 radical (unpaired) electrons. The Morgan fingerprint density at radius 3 is 2.22 bits per heavy atom. The molecule has 0 bridgehead atoms. The first kappa shape index (κ1) is 47.6. The van der Waals surface area contributed by atoms with Crippen LogP contribution < -0.4 is 5.73 Å². The number of hydrogen-bond donors (Lipinski definition) is 4. The van der Waals surface area contributed by atoms with Crippen LogP contribution in [0, 0.1) is 17.1 Å². The van der Waals surface area contributed by atoms with Gasteiger partial charge >= 0.3 is 7.82 Å². The Morgan fingerprint density at radius 2 is 1.60 bits per heavy atom. The van der Waals surface area contributed by atoms with Crippen molar-refractivity contribution in [1.82, 2.24) is 14.6 Å². The standard InChI is InChI=1S/C42H65FN5O9P/c1-5-6-7-8-9-10-11-12-13-14-15-16-17-18-19-22-53-30(2)37(54-27-33-23-32(26-44)24-34(43)25-33)28-55-58(51,52)57-31(3)42(4)40(50)38(49)39(56-42)35-20-21-36-41(45)46-29-47-48(35)36/h20-21,23-25,29-31,37-40,49-50H,5-19,22,27-28H2,1-4H3,(H,51,52)(H2,45,46,47)/t30-,31-,37-,38-,39-,40-,42+/m0/s1. The number of anilines is 1. The molecule has 1 fully saturated rings. The summed E-state index contributed by atoms with van der Waals surface area (Å²) in [6.45, 7) is 6.76. The molecule has 0 amide bonds. The van der Waals surface area contributed by atoms with E-state index in [0.717, 1.165) is 25.3 Å². The second kappa shape index (κ2) is 23.7.